The van der Waals surface area contributed by atoms with Crippen LogP contribution < -0.4 is 10.9 Å². The van der Waals surface area contributed by atoms with Crippen LogP contribution in [-0.4, -0.2) is 26.2 Å². The molecule has 9 heteroatoms. The van der Waals surface area contributed by atoms with Gasteiger partial charge in [0.25, 0.3) is 5.56 Å². The third kappa shape index (κ3) is 4.70. The predicted molar refractivity (Wildman–Crippen MR) is 140 cm³/mol. The number of halogens is 1. The summed E-state index contributed by atoms with van der Waals surface area (Å²) in [5.41, 5.74) is 3.18. The molecule has 0 aliphatic carbocycles. The van der Waals surface area contributed by atoms with Gasteiger partial charge in [-0.25, -0.2) is 9.97 Å². The highest BCUT2D eigenvalue weighted by Crippen LogP contribution is 2.30. The van der Waals surface area contributed by atoms with Crippen molar-refractivity contribution >= 4 is 66.7 Å². The lowest BCUT2D eigenvalue weighted by Gasteiger charge is -2.12. The van der Waals surface area contributed by atoms with Gasteiger partial charge in [0.05, 0.1) is 17.8 Å². The van der Waals surface area contributed by atoms with Crippen molar-refractivity contribution in [1.29, 1.82) is 0 Å². The summed E-state index contributed by atoms with van der Waals surface area (Å²) in [6, 6.07) is 18.7. The van der Waals surface area contributed by atoms with E-state index in [1.54, 1.807) is 22.9 Å². The Balaban J connectivity index is 1.51. The van der Waals surface area contributed by atoms with Crippen molar-refractivity contribution in [3.8, 4) is 0 Å². The van der Waals surface area contributed by atoms with Crippen LogP contribution in [0.2, 0.25) is 5.02 Å². The van der Waals surface area contributed by atoms with Crippen LogP contribution in [0.4, 0.5) is 5.69 Å². The Morgan fingerprint density at radius 1 is 1.15 bits per heavy atom. The first-order chi connectivity index (χ1) is 16.5. The Labute approximate surface area is 208 Å². The third-order valence-electron chi connectivity index (χ3n) is 5.21. The lowest BCUT2D eigenvalue weighted by atomic mass is 10.2. The van der Waals surface area contributed by atoms with E-state index in [0.717, 1.165) is 27.0 Å². The minimum absolute atomic E-state index is 0.118. The largest absolute Gasteiger partial charge is 0.325 e. The Morgan fingerprint density at radius 3 is 2.76 bits per heavy atom. The minimum atomic E-state index is -0.167. The van der Waals surface area contributed by atoms with Gasteiger partial charge in [0, 0.05) is 22.3 Å². The number of carbonyl (C=O) groups excluding carboxylic acids is 1. The molecule has 2 aromatic carbocycles. The van der Waals surface area contributed by atoms with E-state index in [4.69, 9.17) is 16.6 Å². The molecule has 1 amide bonds. The fourth-order valence-corrected chi connectivity index (χ4v) is 5.56. The van der Waals surface area contributed by atoms with E-state index < -0.39 is 0 Å². The van der Waals surface area contributed by atoms with E-state index >= 15 is 0 Å². The third-order valence-corrected chi connectivity index (χ3v) is 7.53. The molecule has 0 saturated heterocycles. The second-order valence-electron chi connectivity index (χ2n) is 7.75. The van der Waals surface area contributed by atoms with Crippen LogP contribution in [0.15, 0.2) is 76.8 Å². The zero-order chi connectivity index (χ0) is 23.7. The number of aromatic nitrogens is 3. The molecule has 0 bridgehead atoms. The molecule has 0 radical (unpaired) electrons. The van der Waals surface area contributed by atoms with Crippen LogP contribution in [0, 0.1) is 6.92 Å². The summed E-state index contributed by atoms with van der Waals surface area (Å²) in [6.45, 7) is 2.29. The van der Waals surface area contributed by atoms with Crippen LogP contribution >= 0.6 is 34.7 Å². The van der Waals surface area contributed by atoms with Crippen LogP contribution in [0.1, 0.15) is 11.1 Å². The molecule has 0 aliphatic rings. The molecule has 34 heavy (non-hydrogen) atoms. The molecule has 3 heterocycles. The highest BCUT2D eigenvalue weighted by atomic mass is 35.5. The summed E-state index contributed by atoms with van der Waals surface area (Å²) >= 11 is 8.60. The summed E-state index contributed by atoms with van der Waals surface area (Å²) in [5.74, 6) is -0.0489. The monoisotopic (exact) mass is 506 g/mol. The number of thiophene rings is 1. The fraction of sp³-hybridized carbons (Fsp3) is 0.120. The number of pyridine rings is 1. The van der Waals surface area contributed by atoms with E-state index in [1.165, 1.54) is 23.1 Å². The lowest BCUT2D eigenvalue weighted by Crippen LogP contribution is -2.24. The highest BCUT2D eigenvalue weighted by Gasteiger charge is 2.18. The van der Waals surface area contributed by atoms with E-state index in [2.05, 4.69) is 10.3 Å². The minimum Gasteiger partial charge on any atom is -0.325 e. The predicted octanol–water partition coefficient (Wildman–Crippen LogP) is 5.75. The molecule has 1 N–H and O–H groups in total. The second kappa shape index (κ2) is 9.58. The molecule has 0 atom stereocenters. The summed E-state index contributed by atoms with van der Waals surface area (Å²) in [4.78, 5) is 36.1. The summed E-state index contributed by atoms with van der Waals surface area (Å²) < 4.78 is 2.17. The van der Waals surface area contributed by atoms with Crippen molar-refractivity contribution in [2.24, 2.45) is 0 Å². The van der Waals surface area contributed by atoms with Crippen molar-refractivity contribution in [2.75, 3.05) is 11.1 Å². The quantitative estimate of drug-likeness (QED) is 0.234. The Hall–Kier alpha value is -3.20. The number of rotatable bonds is 6. The zero-order valence-electron chi connectivity index (χ0n) is 18.1. The first kappa shape index (κ1) is 22.6. The molecule has 0 aliphatic heterocycles. The van der Waals surface area contributed by atoms with Gasteiger partial charge in [-0.05, 0) is 54.4 Å². The van der Waals surface area contributed by atoms with Gasteiger partial charge in [-0.3, -0.25) is 14.2 Å². The molecule has 0 fully saturated rings. The molecule has 0 unspecified atom stereocenters. The number of hydrogen-bond acceptors (Lipinski definition) is 6. The topological polar surface area (TPSA) is 76.9 Å². The fourth-order valence-electron chi connectivity index (χ4n) is 3.61. The standard InChI is InChI=1S/C25H19ClN4O2S2/c1-15-4-2-5-18(12-15)28-20(31)14-33-25-29-21-19-6-3-11-27-23(19)34-22(21)24(32)30(25)13-16-7-9-17(26)10-8-16/h2-12H,13-14H2,1H3,(H,28,31). The van der Waals surface area contributed by atoms with Crippen molar-refractivity contribution < 1.29 is 4.79 Å². The first-order valence-electron chi connectivity index (χ1n) is 10.5. The maximum absolute atomic E-state index is 13.5. The maximum atomic E-state index is 13.5. The van der Waals surface area contributed by atoms with Crippen LogP contribution in [0.3, 0.4) is 0 Å². The van der Waals surface area contributed by atoms with E-state index in [1.807, 2.05) is 55.5 Å². The number of benzene rings is 2. The van der Waals surface area contributed by atoms with Gasteiger partial charge in [-0.1, -0.05) is 47.6 Å². The normalized spacial score (nSPS) is 11.2. The smallest absolute Gasteiger partial charge is 0.272 e. The number of aryl methyl sites for hydroxylation is 1. The number of nitrogens with one attached hydrogen (secondary N) is 1. The van der Waals surface area contributed by atoms with Gasteiger partial charge < -0.3 is 5.32 Å². The van der Waals surface area contributed by atoms with E-state index in [9.17, 15) is 9.59 Å². The number of carbonyl (C=O) groups is 1. The molecule has 0 spiro atoms. The molecule has 5 rings (SSSR count). The number of fused-ring (bicyclic) bond motifs is 3. The van der Waals surface area contributed by atoms with Gasteiger partial charge in [-0.2, -0.15) is 0 Å². The summed E-state index contributed by atoms with van der Waals surface area (Å²) in [5, 5.41) is 4.85. The van der Waals surface area contributed by atoms with E-state index in [-0.39, 0.29) is 17.2 Å². The maximum Gasteiger partial charge on any atom is 0.272 e. The number of hydrogen-bond donors (Lipinski definition) is 1. The Kier molecular flexibility index (Phi) is 6.36. The van der Waals surface area contributed by atoms with Crippen LogP contribution in [0.25, 0.3) is 20.4 Å². The van der Waals surface area contributed by atoms with Crippen molar-refractivity contribution in [2.45, 2.75) is 18.6 Å². The average Bonchev–Trinajstić information content (AvgIpc) is 3.20. The molecule has 5 aromatic rings. The van der Waals surface area contributed by atoms with Gasteiger partial charge >= 0.3 is 0 Å². The Bertz CT molecular complexity index is 1580. The molecule has 6 nitrogen and oxygen atoms in total. The second-order valence-corrected chi connectivity index (χ2v) is 10.1. The molecule has 0 saturated carbocycles. The summed E-state index contributed by atoms with van der Waals surface area (Å²) in [7, 11) is 0. The van der Waals surface area contributed by atoms with Gasteiger partial charge in [0.15, 0.2) is 5.16 Å². The van der Waals surface area contributed by atoms with Crippen molar-refractivity contribution in [3.05, 3.63) is 93.4 Å². The van der Waals surface area contributed by atoms with Gasteiger partial charge in [0.1, 0.15) is 9.53 Å². The number of thioether (sulfide) groups is 1. The van der Waals surface area contributed by atoms with Crippen LogP contribution in [-0.2, 0) is 11.3 Å². The highest BCUT2D eigenvalue weighted by molar-refractivity contribution is 7.99. The molecule has 3 aromatic heterocycles. The number of amides is 1. The van der Waals surface area contributed by atoms with Gasteiger partial charge in [-0.15, -0.1) is 11.3 Å². The van der Waals surface area contributed by atoms with Crippen molar-refractivity contribution in [1.82, 2.24) is 14.5 Å². The lowest BCUT2D eigenvalue weighted by molar-refractivity contribution is -0.113. The zero-order valence-corrected chi connectivity index (χ0v) is 20.5. The SMILES string of the molecule is Cc1cccc(NC(=O)CSc2nc3c(sc4ncccc43)c(=O)n2Cc2ccc(Cl)cc2)c1. The molecule has 170 valence electrons. The number of anilines is 1. The Morgan fingerprint density at radius 2 is 1.97 bits per heavy atom. The summed E-state index contributed by atoms with van der Waals surface area (Å²) in [6.07, 6.45) is 1.70. The first-order valence-corrected chi connectivity index (χ1v) is 12.7. The molecular weight excluding hydrogens is 488 g/mol. The van der Waals surface area contributed by atoms with Crippen LogP contribution in [0.5, 0.6) is 0 Å². The molecular formula is C25H19ClN4O2S2. The van der Waals surface area contributed by atoms with E-state index in [0.29, 0.717) is 26.9 Å². The average molecular weight is 507 g/mol. The van der Waals surface area contributed by atoms with Crippen molar-refractivity contribution in [3.63, 3.8) is 0 Å². The number of nitrogens with zero attached hydrogens (tertiary/aromatic N) is 3. The van der Waals surface area contributed by atoms with Gasteiger partial charge in [0.2, 0.25) is 5.91 Å².